The third kappa shape index (κ3) is 3.39. The number of ether oxygens (including phenoxy) is 1. The minimum absolute atomic E-state index is 0.121. The van der Waals surface area contributed by atoms with E-state index in [1.165, 1.54) is 0 Å². The Balaban J connectivity index is 1.72. The Hall–Kier alpha value is -2.76. The number of nitrogens with zero attached hydrogens (tertiary/aromatic N) is 2. The van der Waals surface area contributed by atoms with Gasteiger partial charge in [0.15, 0.2) is 6.17 Å². The molecule has 28 heavy (non-hydrogen) atoms. The van der Waals surface area contributed by atoms with Gasteiger partial charge in [-0.15, -0.1) is 0 Å². The molecular formula is C21H17Cl2N3O2. The van der Waals surface area contributed by atoms with Gasteiger partial charge < -0.3 is 10.1 Å². The van der Waals surface area contributed by atoms with E-state index in [-0.39, 0.29) is 5.91 Å². The van der Waals surface area contributed by atoms with Crippen LogP contribution in [-0.2, 0) is 0 Å². The Morgan fingerprint density at radius 3 is 2.61 bits per heavy atom. The number of benzene rings is 2. The van der Waals surface area contributed by atoms with Crippen molar-refractivity contribution in [3.63, 3.8) is 0 Å². The predicted molar refractivity (Wildman–Crippen MR) is 111 cm³/mol. The van der Waals surface area contributed by atoms with Crippen LogP contribution in [0.1, 0.15) is 29.1 Å². The number of aromatic nitrogens is 1. The number of fused-ring (bicyclic) bond motifs is 1. The largest absolute Gasteiger partial charge is 0.494 e. The number of amides is 1. The standard InChI is InChI=1S/C21H17Cl2N3O2/c1-2-28-15-8-6-14(7-9-15)26-20(19-16(21(26)27)4-3-11-24-19)25-13-5-10-17(22)18(23)12-13/h3-12,20,25H,2H2,1H3. The molecule has 0 fully saturated rings. The third-order valence-corrected chi connectivity index (χ3v) is 5.19. The van der Waals surface area contributed by atoms with Crippen molar-refractivity contribution in [2.75, 3.05) is 16.8 Å². The van der Waals surface area contributed by atoms with Gasteiger partial charge in [-0.2, -0.15) is 0 Å². The number of carbonyl (C=O) groups is 1. The maximum absolute atomic E-state index is 13.1. The lowest BCUT2D eigenvalue weighted by Gasteiger charge is -2.27. The summed E-state index contributed by atoms with van der Waals surface area (Å²) >= 11 is 12.2. The number of carbonyl (C=O) groups excluding carboxylic acids is 1. The number of nitrogens with one attached hydrogen (secondary N) is 1. The number of pyridine rings is 1. The summed E-state index contributed by atoms with van der Waals surface area (Å²) in [4.78, 5) is 19.2. The highest BCUT2D eigenvalue weighted by atomic mass is 35.5. The van der Waals surface area contributed by atoms with Crippen LogP contribution in [0.3, 0.4) is 0 Å². The van der Waals surface area contributed by atoms with E-state index in [9.17, 15) is 4.79 Å². The quantitative estimate of drug-likeness (QED) is 0.594. The third-order valence-electron chi connectivity index (χ3n) is 4.45. The summed E-state index contributed by atoms with van der Waals surface area (Å²) in [7, 11) is 0. The second kappa shape index (κ2) is 7.70. The molecule has 1 amide bonds. The fraction of sp³-hybridized carbons (Fsp3) is 0.143. The molecule has 3 aromatic rings. The second-order valence-electron chi connectivity index (χ2n) is 6.21. The van der Waals surface area contributed by atoms with Crippen LogP contribution in [-0.4, -0.2) is 17.5 Å². The smallest absolute Gasteiger partial charge is 0.262 e. The molecule has 0 saturated carbocycles. The van der Waals surface area contributed by atoms with Gasteiger partial charge in [0.2, 0.25) is 0 Å². The SMILES string of the molecule is CCOc1ccc(N2C(=O)c3cccnc3C2Nc2ccc(Cl)c(Cl)c2)cc1. The van der Waals surface area contributed by atoms with Gasteiger partial charge in [0.1, 0.15) is 5.75 Å². The van der Waals surface area contributed by atoms with Crippen LogP contribution in [0.25, 0.3) is 0 Å². The summed E-state index contributed by atoms with van der Waals surface area (Å²) in [6.07, 6.45) is 1.20. The molecule has 1 aromatic heterocycles. The van der Waals surface area contributed by atoms with Crippen LogP contribution in [0.5, 0.6) is 5.75 Å². The van der Waals surface area contributed by atoms with Crippen molar-refractivity contribution in [2.24, 2.45) is 0 Å². The molecule has 0 aliphatic carbocycles. The fourth-order valence-electron chi connectivity index (χ4n) is 3.20. The molecule has 5 nitrogen and oxygen atoms in total. The van der Waals surface area contributed by atoms with E-state index < -0.39 is 6.17 Å². The summed E-state index contributed by atoms with van der Waals surface area (Å²) in [5.41, 5.74) is 2.70. The molecule has 4 rings (SSSR count). The molecule has 2 heterocycles. The van der Waals surface area contributed by atoms with Gasteiger partial charge in [0.25, 0.3) is 5.91 Å². The molecule has 1 N–H and O–H groups in total. The molecular weight excluding hydrogens is 397 g/mol. The van der Waals surface area contributed by atoms with Crippen LogP contribution >= 0.6 is 23.2 Å². The van der Waals surface area contributed by atoms with Crippen LogP contribution in [0.4, 0.5) is 11.4 Å². The van der Waals surface area contributed by atoms with E-state index in [0.717, 1.165) is 17.1 Å². The molecule has 0 radical (unpaired) electrons. The lowest BCUT2D eigenvalue weighted by molar-refractivity contribution is 0.0993. The van der Waals surface area contributed by atoms with Crippen LogP contribution in [0.2, 0.25) is 10.0 Å². The van der Waals surface area contributed by atoms with E-state index in [1.807, 2.05) is 37.3 Å². The normalized spacial score (nSPS) is 15.5. The maximum Gasteiger partial charge on any atom is 0.262 e. The van der Waals surface area contributed by atoms with E-state index >= 15 is 0 Å². The second-order valence-corrected chi connectivity index (χ2v) is 7.03. The zero-order valence-electron chi connectivity index (χ0n) is 15.0. The monoisotopic (exact) mass is 413 g/mol. The number of hydrogen-bond acceptors (Lipinski definition) is 4. The Labute approximate surface area is 172 Å². The molecule has 142 valence electrons. The number of halogens is 2. The topological polar surface area (TPSA) is 54.5 Å². The van der Waals surface area contributed by atoms with Crippen LogP contribution in [0.15, 0.2) is 60.8 Å². The predicted octanol–water partition coefficient (Wildman–Crippen LogP) is 5.56. The van der Waals surface area contributed by atoms with Crippen molar-refractivity contribution in [2.45, 2.75) is 13.1 Å². The summed E-state index contributed by atoms with van der Waals surface area (Å²) in [5.74, 6) is 0.632. The fourth-order valence-corrected chi connectivity index (χ4v) is 3.50. The highest BCUT2D eigenvalue weighted by molar-refractivity contribution is 6.42. The highest BCUT2D eigenvalue weighted by Crippen LogP contribution is 2.38. The van der Waals surface area contributed by atoms with Crippen molar-refractivity contribution < 1.29 is 9.53 Å². The molecule has 1 unspecified atom stereocenters. The van der Waals surface area contributed by atoms with Gasteiger partial charge in [-0.3, -0.25) is 14.7 Å². The van der Waals surface area contributed by atoms with Gasteiger partial charge in [-0.05, 0) is 61.5 Å². The van der Waals surface area contributed by atoms with Crippen molar-refractivity contribution in [1.82, 2.24) is 4.98 Å². The maximum atomic E-state index is 13.1. The summed E-state index contributed by atoms with van der Waals surface area (Å²) in [6, 6.07) is 16.2. The zero-order chi connectivity index (χ0) is 19.7. The van der Waals surface area contributed by atoms with Gasteiger partial charge in [-0.1, -0.05) is 23.2 Å². The number of hydrogen-bond donors (Lipinski definition) is 1. The Kier molecular flexibility index (Phi) is 5.11. The molecule has 0 spiro atoms. The van der Waals surface area contributed by atoms with E-state index in [4.69, 9.17) is 27.9 Å². The molecule has 7 heteroatoms. The molecule has 1 aliphatic heterocycles. The van der Waals surface area contributed by atoms with E-state index in [2.05, 4.69) is 10.3 Å². The van der Waals surface area contributed by atoms with Crippen LogP contribution in [0, 0.1) is 0 Å². The first kappa shape index (κ1) is 18.6. The average Bonchev–Trinajstić information content (AvgIpc) is 2.98. The van der Waals surface area contributed by atoms with Gasteiger partial charge in [0.05, 0.1) is 27.9 Å². The molecule has 1 aliphatic rings. The van der Waals surface area contributed by atoms with Crippen molar-refractivity contribution >= 4 is 40.5 Å². The molecule has 0 saturated heterocycles. The van der Waals surface area contributed by atoms with Gasteiger partial charge >= 0.3 is 0 Å². The van der Waals surface area contributed by atoms with Crippen LogP contribution < -0.4 is 15.0 Å². The number of anilines is 2. The first-order valence-corrected chi connectivity index (χ1v) is 9.57. The van der Waals surface area contributed by atoms with E-state index in [1.54, 1.807) is 35.4 Å². The highest BCUT2D eigenvalue weighted by Gasteiger charge is 2.39. The Bertz CT molecular complexity index is 1020. The first-order chi connectivity index (χ1) is 13.6. The van der Waals surface area contributed by atoms with Crippen molar-refractivity contribution in [1.29, 1.82) is 0 Å². The molecule has 1 atom stereocenters. The first-order valence-electron chi connectivity index (χ1n) is 8.81. The van der Waals surface area contributed by atoms with Crippen molar-refractivity contribution in [3.05, 3.63) is 82.1 Å². The molecule has 2 aromatic carbocycles. The van der Waals surface area contributed by atoms with Gasteiger partial charge in [0, 0.05) is 17.6 Å². The Morgan fingerprint density at radius 2 is 1.89 bits per heavy atom. The lowest BCUT2D eigenvalue weighted by atomic mass is 10.2. The molecule has 0 bridgehead atoms. The Morgan fingerprint density at radius 1 is 1.11 bits per heavy atom. The number of rotatable bonds is 5. The van der Waals surface area contributed by atoms with E-state index in [0.29, 0.717) is 27.9 Å². The zero-order valence-corrected chi connectivity index (χ0v) is 16.5. The van der Waals surface area contributed by atoms with Gasteiger partial charge in [-0.25, -0.2) is 0 Å². The summed E-state index contributed by atoms with van der Waals surface area (Å²) in [6.45, 7) is 2.51. The summed E-state index contributed by atoms with van der Waals surface area (Å²) in [5, 5.41) is 4.26. The van der Waals surface area contributed by atoms with Crippen molar-refractivity contribution in [3.8, 4) is 5.75 Å². The summed E-state index contributed by atoms with van der Waals surface area (Å²) < 4.78 is 5.50. The lowest BCUT2D eigenvalue weighted by Crippen LogP contribution is -2.32. The average molecular weight is 414 g/mol. The minimum Gasteiger partial charge on any atom is -0.494 e. The minimum atomic E-state index is -0.473.